The van der Waals surface area contributed by atoms with Crippen LogP contribution in [0.15, 0.2) is 12.3 Å². The highest BCUT2D eigenvalue weighted by atomic mass is 15.2. The molecule has 0 saturated heterocycles. The molecule has 1 heterocycles. The quantitative estimate of drug-likeness (QED) is 0.797. The first kappa shape index (κ1) is 11.9. The van der Waals surface area contributed by atoms with Crippen molar-refractivity contribution in [3.63, 3.8) is 0 Å². The van der Waals surface area contributed by atoms with Crippen molar-refractivity contribution in [1.82, 2.24) is 15.1 Å². The number of hydrogen-bond acceptors (Lipinski definition) is 4. The first-order valence-corrected chi connectivity index (χ1v) is 5.28. The van der Waals surface area contributed by atoms with E-state index in [9.17, 15) is 0 Å². The van der Waals surface area contributed by atoms with Gasteiger partial charge in [-0.2, -0.15) is 5.10 Å². The van der Waals surface area contributed by atoms with Crippen molar-refractivity contribution < 1.29 is 0 Å². The van der Waals surface area contributed by atoms with Gasteiger partial charge in [0.2, 0.25) is 0 Å². The van der Waals surface area contributed by atoms with Crippen molar-refractivity contribution in [3.05, 3.63) is 17.8 Å². The average molecular weight is 208 g/mol. The summed E-state index contributed by atoms with van der Waals surface area (Å²) < 4.78 is 0. The first-order chi connectivity index (χ1) is 7.08. The Morgan fingerprint density at radius 1 is 1.47 bits per heavy atom. The van der Waals surface area contributed by atoms with E-state index in [0.29, 0.717) is 6.04 Å². The van der Waals surface area contributed by atoms with E-state index in [4.69, 9.17) is 0 Å². The molecule has 0 aliphatic heterocycles. The van der Waals surface area contributed by atoms with Crippen LogP contribution in [0, 0.1) is 6.92 Å². The van der Waals surface area contributed by atoms with E-state index in [1.807, 2.05) is 13.0 Å². The lowest BCUT2D eigenvalue weighted by Gasteiger charge is -2.16. The zero-order valence-corrected chi connectivity index (χ0v) is 9.99. The maximum Gasteiger partial charge on any atom is 0.149 e. The number of nitrogens with one attached hydrogen (secondary N) is 1. The minimum atomic E-state index is 0.420. The number of aryl methyl sites for hydroxylation is 1. The molecule has 4 heteroatoms. The SMILES string of the molecule is Cc1cnnc(NC(C)CCN(C)C)c1. The third-order valence-electron chi connectivity index (χ3n) is 2.19. The van der Waals surface area contributed by atoms with Gasteiger partial charge in [-0.25, -0.2) is 0 Å². The monoisotopic (exact) mass is 208 g/mol. The lowest BCUT2D eigenvalue weighted by Crippen LogP contribution is -2.23. The molecule has 0 amide bonds. The van der Waals surface area contributed by atoms with Crippen LogP contribution in [-0.4, -0.2) is 41.8 Å². The van der Waals surface area contributed by atoms with Crippen LogP contribution in [-0.2, 0) is 0 Å². The molecule has 0 aliphatic carbocycles. The lowest BCUT2D eigenvalue weighted by atomic mass is 10.2. The molecule has 1 atom stereocenters. The number of anilines is 1. The Kier molecular flexibility index (Phi) is 4.49. The van der Waals surface area contributed by atoms with Crippen LogP contribution in [0.25, 0.3) is 0 Å². The molecule has 0 aromatic carbocycles. The number of aromatic nitrogens is 2. The van der Waals surface area contributed by atoms with E-state index in [-0.39, 0.29) is 0 Å². The Balaban J connectivity index is 2.40. The maximum absolute atomic E-state index is 4.03. The van der Waals surface area contributed by atoms with Crippen LogP contribution in [0.2, 0.25) is 0 Å². The van der Waals surface area contributed by atoms with Gasteiger partial charge in [-0.3, -0.25) is 0 Å². The summed E-state index contributed by atoms with van der Waals surface area (Å²) in [5, 5.41) is 11.3. The summed E-state index contributed by atoms with van der Waals surface area (Å²) in [6.07, 6.45) is 2.86. The summed E-state index contributed by atoms with van der Waals surface area (Å²) in [6.45, 7) is 5.26. The largest absolute Gasteiger partial charge is 0.366 e. The topological polar surface area (TPSA) is 41.1 Å². The Morgan fingerprint density at radius 2 is 2.20 bits per heavy atom. The zero-order valence-electron chi connectivity index (χ0n) is 9.99. The first-order valence-electron chi connectivity index (χ1n) is 5.28. The van der Waals surface area contributed by atoms with Gasteiger partial charge in [-0.1, -0.05) is 0 Å². The van der Waals surface area contributed by atoms with Gasteiger partial charge in [-0.15, -0.1) is 5.10 Å². The van der Waals surface area contributed by atoms with Crippen molar-refractivity contribution in [1.29, 1.82) is 0 Å². The minimum Gasteiger partial charge on any atom is -0.366 e. The zero-order chi connectivity index (χ0) is 11.3. The molecular formula is C11H20N4. The molecule has 0 fully saturated rings. The Morgan fingerprint density at radius 3 is 2.80 bits per heavy atom. The number of hydrogen-bond donors (Lipinski definition) is 1. The van der Waals surface area contributed by atoms with Crippen molar-refractivity contribution in [2.75, 3.05) is 26.0 Å². The van der Waals surface area contributed by atoms with Crippen LogP contribution in [0.1, 0.15) is 18.9 Å². The Bertz CT molecular complexity index is 298. The van der Waals surface area contributed by atoms with E-state index in [1.165, 1.54) is 0 Å². The molecule has 0 radical (unpaired) electrons. The standard InChI is InChI=1S/C11H20N4/c1-9-7-11(14-12-8-9)13-10(2)5-6-15(3)4/h7-8,10H,5-6H2,1-4H3,(H,13,14). The lowest BCUT2D eigenvalue weighted by molar-refractivity contribution is 0.390. The Hall–Kier alpha value is -1.16. The molecular weight excluding hydrogens is 188 g/mol. The average Bonchev–Trinajstić information content (AvgIpc) is 2.15. The maximum atomic E-state index is 4.03. The second kappa shape index (κ2) is 5.66. The highest BCUT2D eigenvalue weighted by Gasteiger charge is 2.03. The van der Waals surface area contributed by atoms with Gasteiger partial charge in [0, 0.05) is 6.04 Å². The van der Waals surface area contributed by atoms with Crippen LogP contribution >= 0.6 is 0 Å². The van der Waals surface area contributed by atoms with Crippen molar-refractivity contribution in [2.24, 2.45) is 0 Å². The molecule has 0 spiro atoms. The summed E-state index contributed by atoms with van der Waals surface area (Å²) in [7, 11) is 4.17. The third kappa shape index (κ3) is 4.74. The third-order valence-corrected chi connectivity index (χ3v) is 2.19. The predicted molar refractivity (Wildman–Crippen MR) is 63.0 cm³/mol. The minimum absolute atomic E-state index is 0.420. The van der Waals surface area contributed by atoms with Gasteiger partial charge in [-0.05, 0) is 52.5 Å². The van der Waals surface area contributed by atoms with Crippen molar-refractivity contribution in [2.45, 2.75) is 26.3 Å². The molecule has 1 N–H and O–H groups in total. The van der Waals surface area contributed by atoms with Crippen LogP contribution in [0.3, 0.4) is 0 Å². The summed E-state index contributed by atoms with van der Waals surface area (Å²) in [5.74, 6) is 0.862. The molecule has 84 valence electrons. The predicted octanol–water partition coefficient (Wildman–Crippen LogP) is 1.54. The molecule has 0 bridgehead atoms. The second-order valence-corrected chi connectivity index (χ2v) is 4.26. The van der Waals surface area contributed by atoms with E-state index in [0.717, 1.165) is 24.3 Å². The highest BCUT2D eigenvalue weighted by Crippen LogP contribution is 2.06. The molecule has 1 rings (SSSR count). The molecule has 1 unspecified atom stereocenters. The van der Waals surface area contributed by atoms with E-state index in [1.54, 1.807) is 6.20 Å². The van der Waals surface area contributed by atoms with Gasteiger partial charge in [0.1, 0.15) is 5.82 Å². The summed E-state index contributed by atoms with van der Waals surface area (Å²) >= 11 is 0. The number of nitrogens with zero attached hydrogens (tertiary/aromatic N) is 3. The van der Waals surface area contributed by atoms with Crippen LogP contribution < -0.4 is 5.32 Å². The molecule has 1 aromatic rings. The van der Waals surface area contributed by atoms with E-state index < -0.39 is 0 Å². The smallest absolute Gasteiger partial charge is 0.149 e. The van der Waals surface area contributed by atoms with Crippen LogP contribution in [0.4, 0.5) is 5.82 Å². The highest BCUT2D eigenvalue weighted by molar-refractivity contribution is 5.35. The molecule has 1 aromatic heterocycles. The van der Waals surface area contributed by atoms with Gasteiger partial charge in [0.05, 0.1) is 6.20 Å². The fourth-order valence-electron chi connectivity index (χ4n) is 1.31. The molecule has 0 aliphatic rings. The van der Waals surface area contributed by atoms with E-state index in [2.05, 4.69) is 41.4 Å². The summed E-state index contributed by atoms with van der Waals surface area (Å²) in [6, 6.07) is 2.43. The fraction of sp³-hybridized carbons (Fsp3) is 0.636. The number of rotatable bonds is 5. The van der Waals surface area contributed by atoms with Gasteiger partial charge < -0.3 is 10.2 Å². The van der Waals surface area contributed by atoms with E-state index >= 15 is 0 Å². The molecule has 15 heavy (non-hydrogen) atoms. The van der Waals surface area contributed by atoms with Gasteiger partial charge >= 0.3 is 0 Å². The molecule has 4 nitrogen and oxygen atoms in total. The van der Waals surface area contributed by atoms with Gasteiger partial charge in [0.25, 0.3) is 0 Å². The van der Waals surface area contributed by atoms with Crippen LogP contribution in [0.5, 0.6) is 0 Å². The Labute approximate surface area is 91.7 Å². The fourth-order valence-corrected chi connectivity index (χ4v) is 1.31. The normalized spacial score (nSPS) is 12.9. The summed E-state index contributed by atoms with van der Waals surface area (Å²) in [5.41, 5.74) is 1.13. The molecule has 0 saturated carbocycles. The van der Waals surface area contributed by atoms with Gasteiger partial charge in [0.15, 0.2) is 0 Å². The summed E-state index contributed by atoms with van der Waals surface area (Å²) in [4.78, 5) is 2.18. The van der Waals surface area contributed by atoms with Crippen molar-refractivity contribution in [3.8, 4) is 0 Å². The second-order valence-electron chi connectivity index (χ2n) is 4.26. The van der Waals surface area contributed by atoms with Crippen molar-refractivity contribution >= 4 is 5.82 Å².